The van der Waals surface area contributed by atoms with Crippen molar-refractivity contribution in [1.29, 1.82) is 0 Å². The van der Waals surface area contributed by atoms with Crippen molar-refractivity contribution in [3.63, 3.8) is 0 Å². The highest BCUT2D eigenvalue weighted by molar-refractivity contribution is 5.88. The third-order valence-electron chi connectivity index (χ3n) is 5.71. The van der Waals surface area contributed by atoms with E-state index in [0.29, 0.717) is 37.3 Å². The summed E-state index contributed by atoms with van der Waals surface area (Å²) in [5.74, 6) is -0.404. The molecule has 0 saturated heterocycles. The minimum Gasteiger partial charge on any atom is -0.484 e. The van der Waals surface area contributed by atoms with E-state index in [2.05, 4.69) is 5.32 Å². The topological polar surface area (TPSA) is 67.9 Å². The van der Waals surface area contributed by atoms with Gasteiger partial charge < -0.3 is 19.7 Å². The number of nitrogens with zero attached hydrogens (tertiary/aromatic N) is 1. The number of para-hydroxylation sites is 1. The van der Waals surface area contributed by atoms with Gasteiger partial charge in [-0.1, -0.05) is 60.7 Å². The van der Waals surface area contributed by atoms with Crippen LogP contribution in [0, 0.1) is 5.82 Å². The molecule has 0 bridgehead atoms. The van der Waals surface area contributed by atoms with E-state index >= 15 is 0 Å². The second-order valence-corrected chi connectivity index (χ2v) is 9.02. The number of amides is 2. The SMILES string of the molecule is CC(C)OCCCNC(=O)C(Cc1ccccc1)N(Cc1ccc(F)cc1)C(=O)COc1ccccc1. The van der Waals surface area contributed by atoms with Crippen LogP contribution in [0.1, 0.15) is 31.4 Å². The summed E-state index contributed by atoms with van der Waals surface area (Å²) in [5, 5.41) is 2.97. The van der Waals surface area contributed by atoms with Gasteiger partial charge in [0.15, 0.2) is 6.61 Å². The van der Waals surface area contributed by atoms with Crippen LogP contribution in [-0.4, -0.2) is 48.6 Å². The van der Waals surface area contributed by atoms with E-state index in [1.807, 2.05) is 62.4 Å². The zero-order chi connectivity index (χ0) is 26.5. The normalized spacial score (nSPS) is 11.7. The number of hydrogen-bond donors (Lipinski definition) is 1. The highest BCUT2D eigenvalue weighted by Crippen LogP contribution is 2.16. The van der Waals surface area contributed by atoms with Crippen molar-refractivity contribution in [1.82, 2.24) is 10.2 Å². The Balaban J connectivity index is 1.81. The molecule has 6 nitrogen and oxygen atoms in total. The van der Waals surface area contributed by atoms with Crippen LogP contribution in [0.25, 0.3) is 0 Å². The standard InChI is InChI=1S/C30H35FN2O4/c1-23(2)36-19-9-18-32-30(35)28(20-24-10-5-3-6-11-24)33(21-25-14-16-26(31)17-15-25)29(34)22-37-27-12-7-4-8-13-27/h3-8,10-17,23,28H,9,18-22H2,1-2H3,(H,32,35). The molecule has 0 aliphatic rings. The first-order valence-corrected chi connectivity index (χ1v) is 12.6. The van der Waals surface area contributed by atoms with Crippen LogP contribution in [0.4, 0.5) is 4.39 Å². The van der Waals surface area contributed by atoms with Gasteiger partial charge in [-0.25, -0.2) is 4.39 Å². The van der Waals surface area contributed by atoms with Gasteiger partial charge in [0.2, 0.25) is 5.91 Å². The van der Waals surface area contributed by atoms with Crippen LogP contribution in [0.2, 0.25) is 0 Å². The summed E-state index contributed by atoms with van der Waals surface area (Å²) in [4.78, 5) is 28.5. The summed E-state index contributed by atoms with van der Waals surface area (Å²) >= 11 is 0. The molecule has 0 radical (unpaired) electrons. The maximum atomic E-state index is 13.5. The van der Waals surface area contributed by atoms with E-state index in [0.717, 1.165) is 5.56 Å². The van der Waals surface area contributed by atoms with Crippen molar-refractivity contribution < 1.29 is 23.5 Å². The Morgan fingerprint density at radius 3 is 2.19 bits per heavy atom. The Kier molecular flexibility index (Phi) is 11.1. The molecule has 0 heterocycles. The van der Waals surface area contributed by atoms with Crippen molar-refractivity contribution in [2.75, 3.05) is 19.8 Å². The molecule has 0 aliphatic heterocycles. The number of benzene rings is 3. The number of rotatable bonds is 14. The molecule has 3 aromatic rings. The first-order valence-electron chi connectivity index (χ1n) is 12.6. The molecule has 0 aliphatic carbocycles. The van der Waals surface area contributed by atoms with Crippen molar-refractivity contribution >= 4 is 11.8 Å². The molecule has 37 heavy (non-hydrogen) atoms. The lowest BCUT2D eigenvalue weighted by Gasteiger charge is -2.31. The summed E-state index contributed by atoms with van der Waals surface area (Å²) in [6.07, 6.45) is 1.10. The van der Waals surface area contributed by atoms with Crippen LogP contribution in [0.15, 0.2) is 84.9 Å². The van der Waals surface area contributed by atoms with Crippen molar-refractivity contribution in [2.45, 2.75) is 45.4 Å². The van der Waals surface area contributed by atoms with Crippen molar-refractivity contribution in [3.8, 4) is 5.75 Å². The van der Waals surface area contributed by atoms with E-state index in [-0.39, 0.29) is 36.9 Å². The van der Waals surface area contributed by atoms with E-state index in [9.17, 15) is 14.0 Å². The summed E-state index contributed by atoms with van der Waals surface area (Å²) in [5.41, 5.74) is 1.64. The third-order valence-corrected chi connectivity index (χ3v) is 5.71. The van der Waals surface area contributed by atoms with Crippen LogP contribution in [-0.2, 0) is 27.3 Å². The van der Waals surface area contributed by atoms with Gasteiger partial charge in [-0.2, -0.15) is 0 Å². The second kappa shape index (κ2) is 14.8. The zero-order valence-electron chi connectivity index (χ0n) is 21.4. The molecule has 0 saturated carbocycles. The Morgan fingerprint density at radius 1 is 0.892 bits per heavy atom. The van der Waals surface area contributed by atoms with Crippen LogP contribution >= 0.6 is 0 Å². The van der Waals surface area contributed by atoms with Gasteiger partial charge in [-0.05, 0) is 55.7 Å². The Morgan fingerprint density at radius 2 is 1.54 bits per heavy atom. The van der Waals surface area contributed by atoms with Crippen LogP contribution < -0.4 is 10.1 Å². The third kappa shape index (κ3) is 9.69. The molecule has 2 amide bonds. The number of carbonyl (C=O) groups excluding carboxylic acids is 2. The molecule has 3 rings (SSSR count). The molecule has 1 atom stereocenters. The molecule has 7 heteroatoms. The number of ether oxygens (including phenoxy) is 2. The summed E-state index contributed by atoms with van der Waals surface area (Å²) in [6.45, 7) is 4.79. The quantitative estimate of drug-likeness (QED) is 0.320. The highest BCUT2D eigenvalue weighted by atomic mass is 19.1. The summed E-state index contributed by atoms with van der Waals surface area (Å²) < 4.78 is 24.8. The molecule has 1 unspecified atom stereocenters. The zero-order valence-corrected chi connectivity index (χ0v) is 21.4. The van der Waals surface area contributed by atoms with Gasteiger partial charge in [0.05, 0.1) is 6.10 Å². The van der Waals surface area contributed by atoms with Crippen molar-refractivity contribution in [2.24, 2.45) is 0 Å². The van der Waals surface area contributed by atoms with Crippen molar-refractivity contribution in [3.05, 3.63) is 102 Å². The van der Waals surface area contributed by atoms with Gasteiger partial charge in [-0.3, -0.25) is 9.59 Å². The Hall–Kier alpha value is -3.71. The fourth-order valence-electron chi connectivity index (χ4n) is 3.81. The predicted molar refractivity (Wildman–Crippen MR) is 142 cm³/mol. The maximum absolute atomic E-state index is 13.5. The lowest BCUT2D eigenvalue weighted by atomic mass is 10.0. The molecular weight excluding hydrogens is 471 g/mol. The fourth-order valence-corrected chi connectivity index (χ4v) is 3.81. The van der Waals surface area contributed by atoms with E-state index < -0.39 is 6.04 Å². The van der Waals surface area contributed by atoms with Gasteiger partial charge in [-0.15, -0.1) is 0 Å². The molecule has 1 N–H and O–H groups in total. The molecule has 3 aromatic carbocycles. The predicted octanol–water partition coefficient (Wildman–Crippen LogP) is 4.78. The minimum atomic E-state index is -0.787. The van der Waals surface area contributed by atoms with E-state index in [1.165, 1.54) is 17.0 Å². The average molecular weight is 507 g/mol. The number of carbonyl (C=O) groups is 2. The second-order valence-electron chi connectivity index (χ2n) is 9.02. The number of halogens is 1. The monoisotopic (exact) mass is 506 g/mol. The maximum Gasteiger partial charge on any atom is 0.261 e. The minimum absolute atomic E-state index is 0.120. The van der Waals surface area contributed by atoms with Gasteiger partial charge >= 0.3 is 0 Å². The highest BCUT2D eigenvalue weighted by Gasteiger charge is 2.30. The number of nitrogens with one attached hydrogen (secondary N) is 1. The van der Waals surface area contributed by atoms with Gasteiger partial charge in [0.1, 0.15) is 17.6 Å². The van der Waals surface area contributed by atoms with Gasteiger partial charge in [0.25, 0.3) is 5.91 Å². The first-order chi connectivity index (χ1) is 17.9. The van der Waals surface area contributed by atoms with E-state index in [4.69, 9.17) is 9.47 Å². The van der Waals surface area contributed by atoms with Crippen LogP contribution in [0.3, 0.4) is 0 Å². The Bertz CT molecular complexity index is 1090. The fraction of sp³-hybridized carbons (Fsp3) is 0.333. The molecule has 196 valence electrons. The van der Waals surface area contributed by atoms with Gasteiger partial charge in [0, 0.05) is 26.1 Å². The van der Waals surface area contributed by atoms with E-state index in [1.54, 1.807) is 24.3 Å². The Labute approximate surface area is 218 Å². The lowest BCUT2D eigenvalue weighted by Crippen LogP contribution is -2.52. The van der Waals surface area contributed by atoms with Crippen LogP contribution in [0.5, 0.6) is 5.75 Å². The summed E-state index contributed by atoms with van der Waals surface area (Å²) in [7, 11) is 0. The summed E-state index contributed by atoms with van der Waals surface area (Å²) in [6, 6.07) is 23.8. The molecular formula is C30H35FN2O4. The lowest BCUT2D eigenvalue weighted by molar-refractivity contribution is -0.142. The smallest absolute Gasteiger partial charge is 0.261 e. The largest absolute Gasteiger partial charge is 0.484 e. The molecule has 0 fully saturated rings. The first kappa shape index (κ1) is 27.9. The number of hydrogen-bond acceptors (Lipinski definition) is 4. The molecule has 0 aromatic heterocycles. The average Bonchev–Trinajstić information content (AvgIpc) is 2.91. The molecule has 0 spiro atoms.